The Morgan fingerprint density at radius 2 is 1.74 bits per heavy atom. The molecule has 0 saturated heterocycles. The van der Waals surface area contributed by atoms with Gasteiger partial charge in [0.05, 0.1) is 31.9 Å². The minimum absolute atomic E-state index is 0.0244. The van der Waals surface area contributed by atoms with E-state index in [-0.39, 0.29) is 35.1 Å². The molecule has 0 aliphatic rings. The van der Waals surface area contributed by atoms with E-state index in [1.807, 2.05) is 35.7 Å². The molecule has 4 rings (SSSR count). The number of hydrogen-bond donors (Lipinski definition) is 1. The average molecular weight is 494 g/mol. The Bertz CT molecular complexity index is 1390. The molecule has 2 aromatic heterocycles. The number of Topliss-reactive ketones (excluding diaryl/α,β-unsaturated/α-hetero) is 1. The van der Waals surface area contributed by atoms with Gasteiger partial charge in [-0.1, -0.05) is 24.3 Å². The zero-order valence-corrected chi connectivity index (χ0v) is 20.2. The molecule has 0 spiro atoms. The molecule has 9 heteroatoms. The van der Waals surface area contributed by atoms with Gasteiger partial charge in [-0.3, -0.25) is 9.59 Å². The average Bonchev–Trinajstić information content (AvgIpc) is 3.49. The minimum Gasteiger partial charge on any atom is -0.493 e. The van der Waals surface area contributed by atoms with Crippen LogP contribution in [-0.4, -0.2) is 38.5 Å². The Morgan fingerprint density at radius 1 is 1.00 bits per heavy atom. The largest absolute Gasteiger partial charge is 0.493 e. The van der Waals surface area contributed by atoms with Crippen LogP contribution in [0.25, 0.3) is 11.0 Å². The lowest BCUT2D eigenvalue weighted by Crippen LogP contribution is -2.19. The topological polar surface area (TPSA) is 104 Å². The number of hydrogen-bond acceptors (Lipinski definition) is 8. The summed E-state index contributed by atoms with van der Waals surface area (Å²) in [5, 5.41) is 5.42. The normalized spacial score (nSPS) is 10.7. The summed E-state index contributed by atoms with van der Waals surface area (Å²) in [6.45, 7) is 1.24. The van der Waals surface area contributed by atoms with Gasteiger partial charge in [0.1, 0.15) is 5.58 Å². The van der Waals surface area contributed by atoms with E-state index in [1.54, 1.807) is 13.0 Å². The van der Waals surface area contributed by atoms with Gasteiger partial charge in [-0.2, -0.15) is 0 Å². The summed E-state index contributed by atoms with van der Waals surface area (Å²) in [5.74, 6) is -0.867. The second-order valence-corrected chi connectivity index (χ2v) is 8.64. The molecule has 4 aromatic rings. The molecular weight excluding hydrogens is 470 g/mol. The van der Waals surface area contributed by atoms with Crippen molar-refractivity contribution in [1.82, 2.24) is 0 Å². The number of ketones is 1. The van der Waals surface area contributed by atoms with E-state index in [2.05, 4.69) is 5.32 Å². The van der Waals surface area contributed by atoms with E-state index in [4.69, 9.17) is 18.6 Å². The molecule has 0 bridgehead atoms. The number of ether oxygens (including phenoxy) is 3. The Balaban J connectivity index is 1.54. The lowest BCUT2D eigenvalue weighted by Gasteiger charge is -2.15. The third kappa shape index (κ3) is 5.20. The number of nitrogens with one attached hydrogen (secondary N) is 1. The fourth-order valence-corrected chi connectivity index (χ4v) is 4.34. The van der Waals surface area contributed by atoms with Gasteiger partial charge in [0.2, 0.25) is 11.7 Å². The highest BCUT2D eigenvalue weighted by molar-refractivity contribution is 7.10. The van der Waals surface area contributed by atoms with Crippen LogP contribution in [0.15, 0.2) is 58.3 Å². The summed E-state index contributed by atoms with van der Waals surface area (Å²) in [6, 6.07) is 13.9. The number of methoxy groups -OCH3 is 2. The van der Waals surface area contributed by atoms with Crippen molar-refractivity contribution in [2.45, 2.75) is 13.3 Å². The number of fused-ring (bicyclic) bond motifs is 1. The lowest BCUT2D eigenvalue weighted by atomic mass is 10.1. The van der Waals surface area contributed by atoms with Gasteiger partial charge in [-0.25, -0.2) is 4.79 Å². The predicted octanol–water partition coefficient (Wildman–Crippen LogP) is 5.04. The molecule has 0 atom stereocenters. The predicted molar refractivity (Wildman–Crippen MR) is 132 cm³/mol. The molecule has 0 saturated carbocycles. The van der Waals surface area contributed by atoms with Crippen molar-refractivity contribution in [1.29, 1.82) is 0 Å². The smallest absolute Gasteiger partial charge is 0.340 e. The van der Waals surface area contributed by atoms with Gasteiger partial charge in [-0.15, -0.1) is 11.3 Å². The Kier molecular flexibility index (Phi) is 7.17. The first-order valence-electron chi connectivity index (χ1n) is 10.7. The fourth-order valence-electron chi connectivity index (χ4n) is 3.63. The quantitative estimate of drug-likeness (QED) is 0.257. The van der Waals surface area contributed by atoms with Crippen molar-refractivity contribution in [2.24, 2.45) is 0 Å². The zero-order valence-electron chi connectivity index (χ0n) is 19.4. The van der Waals surface area contributed by atoms with E-state index in [1.165, 1.54) is 37.7 Å². The number of carbonyl (C=O) groups excluding carboxylic acids is 3. The zero-order chi connectivity index (χ0) is 24.9. The van der Waals surface area contributed by atoms with E-state index >= 15 is 0 Å². The first-order valence-corrected chi connectivity index (χ1v) is 11.6. The maximum Gasteiger partial charge on any atom is 0.340 e. The number of furan rings is 1. The number of aryl methyl sites for hydroxylation is 1. The molecule has 180 valence electrons. The van der Waals surface area contributed by atoms with Crippen LogP contribution in [-0.2, 0) is 16.0 Å². The van der Waals surface area contributed by atoms with Crippen LogP contribution < -0.4 is 14.8 Å². The van der Waals surface area contributed by atoms with Gasteiger partial charge in [0.15, 0.2) is 23.9 Å². The molecule has 35 heavy (non-hydrogen) atoms. The molecule has 2 heterocycles. The molecule has 0 aliphatic heterocycles. The molecule has 0 radical (unpaired) electrons. The third-order valence-corrected chi connectivity index (χ3v) is 6.24. The van der Waals surface area contributed by atoms with Crippen LogP contribution in [0.3, 0.4) is 0 Å². The summed E-state index contributed by atoms with van der Waals surface area (Å²) in [6.07, 6.45) is 0.143. The van der Waals surface area contributed by atoms with Crippen molar-refractivity contribution in [3.63, 3.8) is 0 Å². The van der Waals surface area contributed by atoms with Crippen molar-refractivity contribution in [3.05, 3.63) is 75.7 Å². The van der Waals surface area contributed by atoms with E-state index in [9.17, 15) is 14.4 Å². The minimum atomic E-state index is -0.806. The molecule has 8 nitrogen and oxygen atoms in total. The number of esters is 1. The summed E-state index contributed by atoms with van der Waals surface area (Å²) < 4.78 is 21.6. The number of carbonyl (C=O) groups is 3. The lowest BCUT2D eigenvalue weighted by molar-refractivity contribution is -0.115. The van der Waals surface area contributed by atoms with Gasteiger partial charge in [0, 0.05) is 28.0 Å². The Hall–Kier alpha value is -4.11. The molecule has 1 N–H and O–H groups in total. The summed E-state index contributed by atoms with van der Waals surface area (Å²) in [5.41, 5.74) is 1.46. The highest BCUT2D eigenvalue weighted by atomic mass is 32.1. The third-order valence-electron chi connectivity index (χ3n) is 5.36. The van der Waals surface area contributed by atoms with Crippen LogP contribution in [0.5, 0.6) is 11.5 Å². The van der Waals surface area contributed by atoms with Gasteiger partial charge < -0.3 is 23.9 Å². The van der Waals surface area contributed by atoms with Crippen LogP contribution in [0, 0.1) is 6.92 Å². The highest BCUT2D eigenvalue weighted by Crippen LogP contribution is 2.34. The first kappa shape index (κ1) is 24.0. The van der Waals surface area contributed by atoms with Crippen LogP contribution >= 0.6 is 11.3 Å². The standard InChI is InChI=1S/C26H23NO7S/c1-15-17-8-4-5-9-21(17)34-25(15)20(28)14-33-26(30)18-12-22(31-2)23(32-3)13-19(18)27-24(29)11-16-7-6-10-35-16/h4-10,12-13H,11,14H2,1-3H3,(H,27,29). The van der Waals surface area contributed by atoms with E-state index in [0.717, 1.165) is 10.3 Å². The van der Waals surface area contributed by atoms with E-state index < -0.39 is 18.4 Å². The Morgan fingerprint density at radius 3 is 2.43 bits per heavy atom. The second-order valence-electron chi connectivity index (χ2n) is 7.61. The number of amides is 1. The number of rotatable bonds is 9. The molecule has 0 aliphatic carbocycles. The fraction of sp³-hybridized carbons (Fsp3) is 0.192. The summed E-state index contributed by atoms with van der Waals surface area (Å²) in [7, 11) is 2.87. The summed E-state index contributed by atoms with van der Waals surface area (Å²) >= 11 is 1.45. The highest BCUT2D eigenvalue weighted by Gasteiger charge is 2.23. The van der Waals surface area contributed by atoms with Gasteiger partial charge in [-0.05, 0) is 24.4 Å². The van der Waals surface area contributed by atoms with Crippen LogP contribution in [0.1, 0.15) is 31.4 Å². The summed E-state index contributed by atoms with van der Waals surface area (Å²) in [4.78, 5) is 39.2. The number of para-hydroxylation sites is 1. The molecule has 0 unspecified atom stereocenters. The molecule has 0 fully saturated rings. The van der Waals surface area contributed by atoms with Crippen molar-refractivity contribution >= 4 is 45.7 Å². The number of anilines is 1. The van der Waals surface area contributed by atoms with Gasteiger partial charge >= 0.3 is 5.97 Å². The second kappa shape index (κ2) is 10.4. The van der Waals surface area contributed by atoms with Crippen molar-refractivity contribution in [2.75, 3.05) is 26.1 Å². The van der Waals surface area contributed by atoms with Crippen LogP contribution in [0.4, 0.5) is 5.69 Å². The molecule has 2 aromatic carbocycles. The monoisotopic (exact) mass is 493 g/mol. The molecular formula is C26H23NO7S. The maximum atomic E-state index is 13.0. The first-order chi connectivity index (χ1) is 16.9. The maximum absolute atomic E-state index is 13.0. The SMILES string of the molecule is COc1cc(NC(=O)Cc2cccs2)c(C(=O)OCC(=O)c2oc3ccccc3c2C)cc1OC. The van der Waals surface area contributed by atoms with Crippen molar-refractivity contribution in [3.8, 4) is 11.5 Å². The number of thiophene rings is 1. The van der Waals surface area contributed by atoms with Crippen LogP contribution in [0.2, 0.25) is 0 Å². The van der Waals surface area contributed by atoms with Crippen molar-refractivity contribution < 1.29 is 33.0 Å². The molecule has 1 amide bonds. The van der Waals surface area contributed by atoms with E-state index in [0.29, 0.717) is 16.9 Å². The Labute approximate surface area is 205 Å². The number of benzene rings is 2. The van der Waals surface area contributed by atoms with Gasteiger partial charge in [0.25, 0.3) is 0 Å².